The highest BCUT2D eigenvalue weighted by Crippen LogP contribution is 2.63. The molecule has 0 aromatic heterocycles. The highest BCUT2D eigenvalue weighted by Gasteiger charge is 2.68. The van der Waals surface area contributed by atoms with Crippen LogP contribution in [0.3, 0.4) is 0 Å². The van der Waals surface area contributed by atoms with Crippen LogP contribution in [0.4, 0.5) is 8.78 Å². The van der Waals surface area contributed by atoms with Crippen molar-refractivity contribution in [3.8, 4) is 0 Å². The second-order valence-electron chi connectivity index (χ2n) is 6.33. The summed E-state index contributed by atoms with van der Waals surface area (Å²) in [6.45, 7) is 0.900. The van der Waals surface area contributed by atoms with Crippen molar-refractivity contribution >= 4 is 0 Å². The van der Waals surface area contributed by atoms with Crippen molar-refractivity contribution in [3.63, 3.8) is 0 Å². The first kappa shape index (κ1) is 13.6. The average molecular weight is 296 g/mol. The maximum absolute atomic E-state index is 14.9. The van der Waals surface area contributed by atoms with Crippen molar-refractivity contribution in [1.82, 2.24) is 0 Å². The summed E-state index contributed by atoms with van der Waals surface area (Å²) in [6, 6.07) is 6.76. The van der Waals surface area contributed by atoms with E-state index in [1.807, 2.05) is 0 Å². The average Bonchev–Trinajstić information content (AvgIpc) is 2.98. The Labute approximate surface area is 121 Å². The molecule has 0 bridgehead atoms. The zero-order valence-corrected chi connectivity index (χ0v) is 11.6. The van der Waals surface area contributed by atoms with Gasteiger partial charge in [0.15, 0.2) is 5.79 Å². The molecule has 4 rings (SSSR count). The van der Waals surface area contributed by atoms with Gasteiger partial charge in [-0.1, -0.05) is 24.3 Å². The Balaban J connectivity index is 1.85. The van der Waals surface area contributed by atoms with E-state index in [1.54, 1.807) is 24.3 Å². The molecule has 3 nitrogen and oxygen atoms in total. The number of aliphatic hydroxyl groups excluding tert-OH is 1. The molecule has 5 heteroatoms. The molecular formula is C16H18F2O3. The van der Waals surface area contributed by atoms with Crippen molar-refractivity contribution in [3.05, 3.63) is 35.4 Å². The summed E-state index contributed by atoms with van der Waals surface area (Å²) in [5.41, 5.74) is -0.482. The first-order valence-corrected chi connectivity index (χ1v) is 7.44. The number of fused-ring (bicyclic) bond motifs is 2. The molecule has 2 spiro atoms. The Morgan fingerprint density at radius 3 is 2.57 bits per heavy atom. The number of rotatable bonds is 0. The molecule has 1 saturated carbocycles. The molecule has 1 heterocycles. The van der Waals surface area contributed by atoms with Crippen LogP contribution >= 0.6 is 0 Å². The first-order valence-electron chi connectivity index (χ1n) is 7.44. The molecule has 2 atom stereocenters. The van der Waals surface area contributed by atoms with E-state index in [1.165, 1.54) is 0 Å². The lowest BCUT2D eigenvalue weighted by Gasteiger charge is -2.46. The Morgan fingerprint density at radius 1 is 1.10 bits per heavy atom. The highest BCUT2D eigenvalue weighted by atomic mass is 19.3. The molecule has 2 aliphatic carbocycles. The van der Waals surface area contributed by atoms with E-state index >= 15 is 0 Å². The maximum atomic E-state index is 14.9. The number of aliphatic hydroxyl groups is 1. The molecule has 21 heavy (non-hydrogen) atoms. The van der Waals surface area contributed by atoms with Crippen molar-refractivity contribution in [2.45, 2.75) is 48.9 Å². The van der Waals surface area contributed by atoms with E-state index in [4.69, 9.17) is 9.47 Å². The van der Waals surface area contributed by atoms with Crippen LogP contribution in [0.2, 0.25) is 0 Å². The highest BCUT2D eigenvalue weighted by molar-refractivity contribution is 5.46. The summed E-state index contributed by atoms with van der Waals surface area (Å²) in [6.07, 6.45) is -0.0335. The monoisotopic (exact) mass is 296 g/mol. The van der Waals surface area contributed by atoms with Crippen LogP contribution in [-0.2, 0) is 14.9 Å². The van der Waals surface area contributed by atoms with E-state index in [9.17, 15) is 13.9 Å². The van der Waals surface area contributed by atoms with Crippen LogP contribution in [0.5, 0.6) is 0 Å². The minimum absolute atomic E-state index is 0.112. The summed E-state index contributed by atoms with van der Waals surface area (Å²) in [4.78, 5) is 0. The summed E-state index contributed by atoms with van der Waals surface area (Å²) < 4.78 is 41.2. The summed E-state index contributed by atoms with van der Waals surface area (Å²) >= 11 is 0. The first-order chi connectivity index (χ1) is 10.0. The van der Waals surface area contributed by atoms with Gasteiger partial charge < -0.3 is 14.6 Å². The second-order valence-corrected chi connectivity index (χ2v) is 6.33. The fraction of sp³-hybridized carbons (Fsp3) is 0.625. The minimum Gasteiger partial charge on any atom is -0.382 e. The lowest BCUT2D eigenvalue weighted by molar-refractivity contribution is -0.234. The molecule has 1 aliphatic heterocycles. The lowest BCUT2D eigenvalue weighted by Crippen LogP contribution is -2.53. The van der Waals surface area contributed by atoms with Gasteiger partial charge in [-0.3, -0.25) is 0 Å². The third-order valence-corrected chi connectivity index (χ3v) is 5.30. The molecule has 1 aromatic rings. The molecule has 3 aliphatic rings. The number of ether oxygens (including phenoxy) is 2. The summed E-state index contributed by atoms with van der Waals surface area (Å²) in [5.74, 6) is -4.10. The SMILES string of the molecule is OC1c2ccccc2[C@]2(CCCC3(C2)OCCO3)C1(F)F. The standard InChI is InChI=1S/C16H18F2O3/c17-16(18)13(19)11-4-1-2-5-12(11)14(16)6-3-7-15(10-14)20-8-9-21-15/h1-2,4-5,13,19H,3,6-10H2/t13?,14-/m1/s1. The molecule has 1 saturated heterocycles. The zero-order chi connectivity index (χ0) is 14.7. The topological polar surface area (TPSA) is 38.7 Å². The van der Waals surface area contributed by atoms with Gasteiger partial charge in [0, 0.05) is 12.8 Å². The number of benzene rings is 1. The van der Waals surface area contributed by atoms with E-state index in [0.29, 0.717) is 43.6 Å². The Morgan fingerprint density at radius 2 is 1.81 bits per heavy atom. The third-order valence-electron chi connectivity index (χ3n) is 5.30. The number of hydrogen-bond acceptors (Lipinski definition) is 3. The molecular weight excluding hydrogens is 278 g/mol. The summed E-state index contributed by atoms with van der Waals surface area (Å²) in [5, 5.41) is 10.1. The van der Waals surface area contributed by atoms with E-state index in [-0.39, 0.29) is 6.42 Å². The zero-order valence-electron chi connectivity index (χ0n) is 11.6. The molecule has 1 N–H and O–H groups in total. The smallest absolute Gasteiger partial charge is 0.287 e. The van der Waals surface area contributed by atoms with Gasteiger partial charge in [0.25, 0.3) is 5.92 Å². The van der Waals surface area contributed by atoms with E-state index in [2.05, 4.69) is 0 Å². The van der Waals surface area contributed by atoms with Gasteiger partial charge in [0.1, 0.15) is 6.10 Å². The van der Waals surface area contributed by atoms with Crippen LogP contribution in [0.15, 0.2) is 24.3 Å². The third kappa shape index (κ3) is 1.62. The van der Waals surface area contributed by atoms with Crippen molar-refractivity contribution in [1.29, 1.82) is 0 Å². The van der Waals surface area contributed by atoms with Gasteiger partial charge in [0.05, 0.1) is 18.6 Å². The largest absolute Gasteiger partial charge is 0.382 e. The molecule has 0 radical (unpaired) electrons. The Kier molecular flexibility index (Phi) is 2.75. The molecule has 0 amide bonds. The van der Waals surface area contributed by atoms with Gasteiger partial charge >= 0.3 is 0 Å². The predicted octanol–water partition coefficient (Wildman–Crippen LogP) is 2.92. The summed E-state index contributed by atoms with van der Waals surface area (Å²) in [7, 11) is 0. The normalized spacial score (nSPS) is 36.2. The van der Waals surface area contributed by atoms with Gasteiger partial charge in [-0.05, 0) is 24.0 Å². The van der Waals surface area contributed by atoms with Crippen molar-refractivity contribution in [2.24, 2.45) is 0 Å². The van der Waals surface area contributed by atoms with Crippen LogP contribution in [0, 0.1) is 0 Å². The molecule has 1 aromatic carbocycles. The van der Waals surface area contributed by atoms with Crippen LogP contribution in [0.25, 0.3) is 0 Å². The van der Waals surface area contributed by atoms with Crippen LogP contribution in [0.1, 0.15) is 42.9 Å². The quantitative estimate of drug-likeness (QED) is 0.800. The van der Waals surface area contributed by atoms with E-state index in [0.717, 1.165) is 0 Å². The van der Waals surface area contributed by atoms with Crippen molar-refractivity contribution < 1.29 is 23.4 Å². The fourth-order valence-corrected chi connectivity index (χ4v) is 4.36. The maximum Gasteiger partial charge on any atom is 0.287 e. The molecule has 2 fully saturated rings. The van der Waals surface area contributed by atoms with Crippen LogP contribution in [-0.4, -0.2) is 30.0 Å². The number of halogens is 2. The Hall–Kier alpha value is -1.04. The second kappa shape index (κ2) is 4.24. The number of hydrogen-bond donors (Lipinski definition) is 1. The van der Waals surface area contributed by atoms with Gasteiger partial charge in [-0.15, -0.1) is 0 Å². The van der Waals surface area contributed by atoms with Gasteiger partial charge in [-0.2, -0.15) is 0 Å². The number of alkyl halides is 2. The predicted molar refractivity (Wildman–Crippen MR) is 71.1 cm³/mol. The van der Waals surface area contributed by atoms with Crippen molar-refractivity contribution in [2.75, 3.05) is 13.2 Å². The Bertz CT molecular complexity index is 568. The molecule has 1 unspecified atom stereocenters. The fourth-order valence-electron chi connectivity index (χ4n) is 4.36. The van der Waals surface area contributed by atoms with Crippen LogP contribution < -0.4 is 0 Å². The lowest BCUT2D eigenvalue weighted by atomic mass is 9.66. The molecule has 114 valence electrons. The minimum atomic E-state index is -3.20. The van der Waals surface area contributed by atoms with E-state index < -0.39 is 23.2 Å². The van der Waals surface area contributed by atoms with Gasteiger partial charge in [-0.25, -0.2) is 8.78 Å². The van der Waals surface area contributed by atoms with Gasteiger partial charge in [0.2, 0.25) is 0 Å².